The quantitative estimate of drug-likeness (QED) is 0.791. The fourth-order valence-electron chi connectivity index (χ4n) is 2.41. The van der Waals surface area contributed by atoms with Crippen LogP contribution in [0.15, 0.2) is 59.0 Å². The zero-order valence-corrected chi connectivity index (χ0v) is 12.2. The predicted octanol–water partition coefficient (Wildman–Crippen LogP) is 3.99. The van der Waals surface area contributed by atoms with Gasteiger partial charge in [-0.1, -0.05) is 30.3 Å². The van der Waals surface area contributed by atoms with Gasteiger partial charge in [-0.2, -0.15) is 0 Å². The summed E-state index contributed by atoms with van der Waals surface area (Å²) >= 11 is 0. The highest BCUT2D eigenvalue weighted by molar-refractivity contribution is 5.80. The molecule has 0 aliphatic rings. The molecule has 2 aromatic carbocycles. The molecule has 0 saturated heterocycles. The molecule has 1 heterocycles. The van der Waals surface area contributed by atoms with E-state index in [4.69, 9.17) is 4.42 Å². The SMILES string of the molecule is C[C@@H](NC(=O)Cc1cccc(F)c1)c1cc2ccccc2o1. The average molecular weight is 297 g/mol. The fourth-order valence-corrected chi connectivity index (χ4v) is 2.41. The summed E-state index contributed by atoms with van der Waals surface area (Å²) in [7, 11) is 0. The van der Waals surface area contributed by atoms with Gasteiger partial charge in [0.2, 0.25) is 5.91 Å². The first-order valence-electron chi connectivity index (χ1n) is 7.14. The Hall–Kier alpha value is -2.62. The first-order valence-corrected chi connectivity index (χ1v) is 7.14. The van der Waals surface area contributed by atoms with Crippen LogP contribution in [0.25, 0.3) is 11.0 Å². The minimum atomic E-state index is -0.337. The standard InChI is InChI=1S/C18H16FNO2/c1-12(17-11-14-6-2-3-8-16(14)22-17)20-18(21)10-13-5-4-7-15(19)9-13/h2-9,11-12H,10H2,1H3,(H,20,21)/t12-/m1/s1. The number of benzene rings is 2. The monoisotopic (exact) mass is 297 g/mol. The summed E-state index contributed by atoms with van der Waals surface area (Å²) in [6.45, 7) is 1.86. The van der Waals surface area contributed by atoms with Crippen molar-refractivity contribution in [3.63, 3.8) is 0 Å². The van der Waals surface area contributed by atoms with Crippen molar-refractivity contribution in [2.45, 2.75) is 19.4 Å². The van der Waals surface area contributed by atoms with Crippen molar-refractivity contribution >= 4 is 16.9 Å². The summed E-state index contributed by atoms with van der Waals surface area (Å²) in [5.74, 6) is 0.197. The second kappa shape index (κ2) is 6.02. The molecule has 3 aromatic rings. The number of furan rings is 1. The van der Waals surface area contributed by atoms with Gasteiger partial charge in [0.25, 0.3) is 0 Å². The number of halogens is 1. The molecule has 22 heavy (non-hydrogen) atoms. The Morgan fingerprint density at radius 2 is 2.00 bits per heavy atom. The zero-order valence-electron chi connectivity index (χ0n) is 12.2. The molecule has 0 fully saturated rings. The summed E-state index contributed by atoms with van der Waals surface area (Å²) in [6.07, 6.45) is 0.141. The van der Waals surface area contributed by atoms with E-state index in [0.717, 1.165) is 11.0 Å². The van der Waals surface area contributed by atoms with E-state index >= 15 is 0 Å². The van der Waals surface area contributed by atoms with Gasteiger partial charge in [0.15, 0.2) is 0 Å². The lowest BCUT2D eigenvalue weighted by molar-refractivity contribution is -0.121. The van der Waals surface area contributed by atoms with E-state index in [9.17, 15) is 9.18 Å². The van der Waals surface area contributed by atoms with E-state index in [-0.39, 0.29) is 24.2 Å². The maximum Gasteiger partial charge on any atom is 0.225 e. The Bertz CT molecular complexity index is 776. The third-order valence-corrected chi connectivity index (χ3v) is 3.50. The highest BCUT2D eigenvalue weighted by Crippen LogP contribution is 2.23. The average Bonchev–Trinajstić information content (AvgIpc) is 2.91. The van der Waals surface area contributed by atoms with Crippen molar-refractivity contribution in [3.05, 3.63) is 71.7 Å². The molecule has 3 nitrogen and oxygen atoms in total. The van der Waals surface area contributed by atoms with Gasteiger partial charge >= 0.3 is 0 Å². The number of fused-ring (bicyclic) bond motifs is 1. The van der Waals surface area contributed by atoms with Crippen LogP contribution in [0.2, 0.25) is 0 Å². The molecule has 0 aliphatic carbocycles. The summed E-state index contributed by atoms with van der Waals surface area (Å²) in [4.78, 5) is 12.0. The van der Waals surface area contributed by atoms with E-state index in [0.29, 0.717) is 11.3 Å². The largest absolute Gasteiger partial charge is 0.459 e. The predicted molar refractivity (Wildman–Crippen MR) is 82.9 cm³/mol. The molecular weight excluding hydrogens is 281 g/mol. The Balaban J connectivity index is 1.68. The van der Waals surface area contributed by atoms with Gasteiger partial charge in [-0.25, -0.2) is 4.39 Å². The number of carbonyl (C=O) groups excluding carboxylic acids is 1. The minimum Gasteiger partial charge on any atom is -0.459 e. The van der Waals surface area contributed by atoms with Crippen molar-refractivity contribution < 1.29 is 13.6 Å². The molecule has 1 atom stereocenters. The zero-order chi connectivity index (χ0) is 15.5. The van der Waals surface area contributed by atoms with Crippen LogP contribution in [-0.4, -0.2) is 5.91 Å². The van der Waals surface area contributed by atoms with Crippen molar-refractivity contribution in [1.82, 2.24) is 5.32 Å². The fraction of sp³-hybridized carbons (Fsp3) is 0.167. The molecule has 1 aromatic heterocycles. The molecule has 0 saturated carbocycles. The van der Waals surface area contributed by atoms with Gasteiger partial charge in [0.1, 0.15) is 17.2 Å². The Morgan fingerprint density at radius 1 is 1.18 bits per heavy atom. The highest BCUT2D eigenvalue weighted by Gasteiger charge is 2.14. The number of rotatable bonds is 4. The second-order valence-corrected chi connectivity index (χ2v) is 5.28. The molecule has 0 radical (unpaired) electrons. The third-order valence-electron chi connectivity index (χ3n) is 3.50. The lowest BCUT2D eigenvalue weighted by Crippen LogP contribution is -2.27. The van der Waals surface area contributed by atoms with Crippen LogP contribution in [0.5, 0.6) is 0 Å². The highest BCUT2D eigenvalue weighted by atomic mass is 19.1. The normalized spacial score (nSPS) is 12.3. The molecule has 1 N–H and O–H groups in total. The number of para-hydroxylation sites is 1. The first kappa shape index (κ1) is 14.3. The number of hydrogen-bond acceptors (Lipinski definition) is 2. The van der Waals surface area contributed by atoms with Gasteiger partial charge < -0.3 is 9.73 Å². The van der Waals surface area contributed by atoms with Crippen LogP contribution >= 0.6 is 0 Å². The smallest absolute Gasteiger partial charge is 0.225 e. The van der Waals surface area contributed by atoms with Crippen LogP contribution in [0.1, 0.15) is 24.3 Å². The van der Waals surface area contributed by atoms with E-state index in [2.05, 4.69) is 5.32 Å². The van der Waals surface area contributed by atoms with Crippen LogP contribution in [0.3, 0.4) is 0 Å². The molecule has 112 valence electrons. The molecule has 0 unspecified atom stereocenters. The topological polar surface area (TPSA) is 42.2 Å². The minimum absolute atomic E-state index is 0.141. The molecular formula is C18H16FNO2. The van der Waals surface area contributed by atoms with E-state index in [1.165, 1.54) is 12.1 Å². The Labute approximate surface area is 127 Å². The second-order valence-electron chi connectivity index (χ2n) is 5.28. The molecule has 0 bridgehead atoms. The van der Waals surface area contributed by atoms with Gasteiger partial charge in [-0.15, -0.1) is 0 Å². The number of carbonyl (C=O) groups is 1. The summed E-state index contributed by atoms with van der Waals surface area (Å²) in [6, 6.07) is 15.4. The Kier molecular flexibility index (Phi) is 3.92. The van der Waals surface area contributed by atoms with E-state index in [1.54, 1.807) is 12.1 Å². The first-order chi connectivity index (χ1) is 10.6. The maximum absolute atomic E-state index is 13.1. The van der Waals surface area contributed by atoms with Crippen molar-refractivity contribution in [2.24, 2.45) is 0 Å². The van der Waals surface area contributed by atoms with Gasteiger partial charge in [-0.3, -0.25) is 4.79 Å². The maximum atomic E-state index is 13.1. The molecule has 0 aliphatic heterocycles. The van der Waals surface area contributed by atoms with Gasteiger partial charge in [0, 0.05) is 5.39 Å². The lowest BCUT2D eigenvalue weighted by Gasteiger charge is -2.11. The Morgan fingerprint density at radius 3 is 2.77 bits per heavy atom. The van der Waals surface area contributed by atoms with E-state index < -0.39 is 0 Å². The molecule has 1 amide bonds. The number of amides is 1. The van der Waals surface area contributed by atoms with Crippen molar-refractivity contribution in [1.29, 1.82) is 0 Å². The number of nitrogens with one attached hydrogen (secondary N) is 1. The third kappa shape index (κ3) is 3.17. The van der Waals surface area contributed by atoms with Crippen LogP contribution in [-0.2, 0) is 11.2 Å². The van der Waals surface area contributed by atoms with Crippen LogP contribution < -0.4 is 5.32 Å². The molecule has 3 rings (SSSR count). The molecule has 4 heteroatoms. The lowest BCUT2D eigenvalue weighted by atomic mass is 10.1. The summed E-state index contributed by atoms with van der Waals surface area (Å²) in [5, 5.41) is 3.87. The van der Waals surface area contributed by atoms with Gasteiger partial charge in [-0.05, 0) is 36.8 Å². The van der Waals surface area contributed by atoms with Crippen molar-refractivity contribution in [2.75, 3.05) is 0 Å². The van der Waals surface area contributed by atoms with Crippen molar-refractivity contribution in [3.8, 4) is 0 Å². The van der Waals surface area contributed by atoms with Gasteiger partial charge in [0.05, 0.1) is 12.5 Å². The van der Waals surface area contributed by atoms with E-state index in [1.807, 2.05) is 37.3 Å². The molecule has 0 spiro atoms. The summed E-state index contributed by atoms with van der Waals surface area (Å²) < 4.78 is 18.8. The van der Waals surface area contributed by atoms with Crippen LogP contribution in [0, 0.1) is 5.82 Å². The summed E-state index contributed by atoms with van der Waals surface area (Å²) in [5.41, 5.74) is 1.44. The van der Waals surface area contributed by atoms with Crippen LogP contribution in [0.4, 0.5) is 4.39 Å². The number of hydrogen-bond donors (Lipinski definition) is 1.